The first-order valence-corrected chi connectivity index (χ1v) is 6.04. The van der Waals surface area contributed by atoms with Crippen molar-refractivity contribution in [2.45, 2.75) is 13.8 Å². The van der Waals surface area contributed by atoms with E-state index in [1.807, 2.05) is 0 Å². The Labute approximate surface area is 110 Å². The quantitative estimate of drug-likeness (QED) is 0.735. The van der Waals surface area contributed by atoms with E-state index < -0.39 is 0 Å². The molecule has 5 heteroatoms. The minimum absolute atomic E-state index is 0.0504. The van der Waals surface area contributed by atoms with Crippen molar-refractivity contribution >= 4 is 29.0 Å². The number of Topliss-reactive ketones (excluding diaryl/α,β-unsaturated/α-hetero) is 1. The molecule has 4 nitrogen and oxygen atoms in total. The lowest BCUT2D eigenvalue weighted by Crippen LogP contribution is -2.31. The molecule has 1 unspecified atom stereocenters. The van der Waals surface area contributed by atoms with E-state index in [4.69, 9.17) is 16.3 Å². The number of fused-ring (bicyclic) bond motifs is 1. The summed E-state index contributed by atoms with van der Waals surface area (Å²) >= 11 is 6.11. The lowest BCUT2D eigenvalue weighted by Gasteiger charge is -2.18. The maximum absolute atomic E-state index is 12.0. The zero-order valence-corrected chi connectivity index (χ0v) is 11.2. The van der Waals surface area contributed by atoms with Crippen LogP contribution in [0.15, 0.2) is 12.1 Å². The van der Waals surface area contributed by atoms with Crippen molar-refractivity contribution in [3.63, 3.8) is 0 Å². The number of hydrogen-bond donors (Lipinski definition) is 0. The topological polar surface area (TPSA) is 46.6 Å². The molecule has 0 saturated carbocycles. The fourth-order valence-electron chi connectivity index (χ4n) is 1.90. The summed E-state index contributed by atoms with van der Waals surface area (Å²) in [5.74, 6) is 0.0736. The Morgan fingerprint density at radius 2 is 2.17 bits per heavy atom. The number of rotatable bonds is 1. The Bertz CT molecular complexity index is 527. The van der Waals surface area contributed by atoms with Crippen LogP contribution in [0.25, 0.3) is 0 Å². The van der Waals surface area contributed by atoms with Gasteiger partial charge in [0.25, 0.3) is 0 Å². The first-order valence-electron chi connectivity index (χ1n) is 5.66. The van der Waals surface area contributed by atoms with Gasteiger partial charge in [-0.15, -0.1) is 0 Å². The summed E-state index contributed by atoms with van der Waals surface area (Å²) in [6, 6.07) is 3.20. The number of amides is 1. The highest BCUT2D eigenvalue weighted by molar-refractivity contribution is 6.33. The lowest BCUT2D eigenvalue weighted by atomic mass is 10.1. The zero-order valence-electron chi connectivity index (χ0n) is 10.5. The predicted octanol–water partition coefficient (Wildman–Crippen LogP) is 2.53. The number of ketones is 1. The average molecular weight is 268 g/mol. The molecule has 1 atom stereocenters. The van der Waals surface area contributed by atoms with E-state index in [0.717, 1.165) is 0 Å². The molecule has 1 aliphatic rings. The Hall–Kier alpha value is -1.55. The minimum Gasteiger partial charge on any atom is -0.489 e. The van der Waals surface area contributed by atoms with E-state index in [1.54, 1.807) is 26.1 Å². The van der Waals surface area contributed by atoms with Crippen LogP contribution < -0.4 is 9.64 Å². The molecule has 0 spiro atoms. The van der Waals surface area contributed by atoms with Crippen molar-refractivity contribution in [1.82, 2.24) is 0 Å². The number of carbonyl (C=O) groups excluding carboxylic acids is 2. The number of anilines is 1. The maximum atomic E-state index is 12.0. The number of halogens is 1. The summed E-state index contributed by atoms with van der Waals surface area (Å²) in [6.07, 6.45) is 0. The summed E-state index contributed by atoms with van der Waals surface area (Å²) in [6.45, 7) is 3.54. The van der Waals surface area contributed by atoms with Crippen molar-refractivity contribution in [3.05, 3.63) is 22.7 Å². The summed E-state index contributed by atoms with van der Waals surface area (Å²) in [5.41, 5.74) is 1.01. The molecular weight excluding hydrogens is 254 g/mol. The molecule has 2 rings (SSSR count). The Morgan fingerprint density at radius 1 is 1.50 bits per heavy atom. The molecule has 18 heavy (non-hydrogen) atoms. The fourth-order valence-corrected chi connectivity index (χ4v) is 2.17. The first kappa shape index (κ1) is 12.9. The monoisotopic (exact) mass is 267 g/mol. The van der Waals surface area contributed by atoms with Gasteiger partial charge in [0.15, 0.2) is 11.5 Å². The molecule has 96 valence electrons. The Kier molecular flexibility index (Phi) is 3.30. The second-order valence-electron chi connectivity index (χ2n) is 4.47. The molecule has 0 fully saturated rings. The SMILES string of the molecule is CC(=O)c1cc(Cl)c2c(c1)N(C)C(=O)C(C)CO2. The highest BCUT2D eigenvalue weighted by atomic mass is 35.5. The van der Waals surface area contributed by atoms with Crippen LogP contribution in [0.2, 0.25) is 5.02 Å². The second-order valence-corrected chi connectivity index (χ2v) is 4.88. The number of benzene rings is 1. The van der Waals surface area contributed by atoms with E-state index in [9.17, 15) is 9.59 Å². The minimum atomic E-state index is -0.237. The van der Waals surface area contributed by atoms with E-state index in [2.05, 4.69) is 0 Å². The van der Waals surface area contributed by atoms with Gasteiger partial charge in [-0.05, 0) is 19.1 Å². The maximum Gasteiger partial charge on any atom is 0.233 e. The van der Waals surface area contributed by atoms with Crippen molar-refractivity contribution in [3.8, 4) is 5.75 Å². The first-order chi connectivity index (χ1) is 8.41. The molecule has 0 bridgehead atoms. The number of hydrogen-bond acceptors (Lipinski definition) is 3. The van der Waals surface area contributed by atoms with Gasteiger partial charge in [0, 0.05) is 12.6 Å². The van der Waals surface area contributed by atoms with E-state index in [1.165, 1.54) is 11.8 Å². The molecule has 0 aromatic heterocycles. The molecule has 1 aliphatic heterocycles. The predicted molar refractivity (Wildman–Crippen MR) is 69.5 cm³/mol. The highest BCUT2D eigenvalue weighted by Gasteiger charge is 2.28. The summed E-state index contributed by atoms with van der Waals surface area (Å²) in [4.78, 5) is 24.9. The van der Waals surface area contributed by atoms with Crippen molar-refractivity contribution < 1.29 is 14.3 Å². The smallest absolute Gasteiger partial charge is 0.233 e. The van der Waals surface area contributed by atoms with Crippen LogP contribution in [0, 0.1) is 5.92 Å². The van der Waals surface area contributed by atoms with Crippen molar-refractivity contribution in [1.29, 1.82) is 0 Å². The van der Waals surface area contributed by atoms with Crippen LogP contribution >= 0.6 is 11.6 Å². The van der Waals surface area contributed by atoms with Gasteiger partial charge in [0.1, 0.15) is 0 Å². The summed E-state index contributed by atoms with van der Waals surface area (Å²) < 4.78 is 5.56. The van der Waals surface area contributed by atoms with Gasteiger partial charge in [-0.2, -0.15) is 0 Å². The summed E-state index contributed by atoms with van der Waals surface area (Å²) in [5, 5.41) is 0.353. The molecule has 0 saturated heterocycles. The standard InChI is InChI=1S/C13H14ClNO3/c1-7-6-18-12-10(14)4-9(8(2)16)5-11(12)15(3)13(7)17/h4-5,7H,6H2,1-3H3. The molecule has 1 heterocycles. The molecule has 1 amide bonds. The Balaban J connectivity index is 2.59. The van der Waals surface area contributed by atoms with E-state index in [-0.39, 0.29) is 24.2 Å². The van der Waals surface area contributed by atoms with Crippen molar-refractivity contribution in [2.24, 2.45) is 5.92 Å². The van der Waals surface area contributed by atoms with Gasteiger partial charge in [0.2, 0.25) is 5.91 Å². The molecule has 1 aromatic carbocycles. The van der Waals surface area contributed by atoms with Crippen LogP contribution in [-0.2, 0) is 4.79 Å². The molecule has 0 radical (unpaired) electrons. The van der Waals surface area contributed by atoms with Gasteiger partial charge in [-0.25, -0.2) is 0 Å². The fraction of sp³-hybridized carbons (Fsp3) is 0.385. The Morgan fingerprint density at radius 3 is 2.78 bits per heavy atom. The third kappa shape index (κ3) is 2.08. The highest BCUT2D eigenvalue weighted by Crippen LogP contribution is 2.39. The van der Waals surface area contributed by atoms with Crippen LogP contribution in [0.1, 0.15) is 24.2 Å². The van der Waals surface area contributed by atoms with Gasteiger partial charge >= 0.3 is 0 Å². The van der Waals surface area contributed by atoms with E-state index >= 15 is 0 Å². The van der Waals surface area contributed by atoms with Gasteiger partial charge in [-0.1, -0.05) is 18.5 Å². The van der Waals surface area contributed by atoms with Crippen LogP contribution in [0.5, 0.6) is 5.75 Å². The summed E-state index contributed by atoms with van der Waals surface area (Å²) in [7, 11) is 1.66. The number of ether oxygens (including phenoxy) is 1. The average Bonchev–Trinajstić information content (AvgIpc) is 2.43. The van der Waals surface area contributed by atoms with Crippen LogP contribution in [0.4, 0.5) is 5.69 Å². The molecular formula is C13H14ClNO3. The van der Waals surface area contributed by atoms with Gasteiger partial charge < -0.3 is 9.64 Å². The van der Waals surface area contributed by atoms with Crippen LogP contribution in [-0.4, -0.2) is 25.3 Å². The van der Waals surface area contributed by atoms with Crippen LogP contribution in [0.3, 0.4) is 0 Å². The second kappa shape index (κ2) is 4.61. The third-order valence-corrected chi connectivity index (χ3v) is 3.30. The molecule has 1 aromatic rings. The van der Waals surface area contributed by atoms with Gasteiger partial charge in [-0.3, -0.25) is 9.59 Å². The largest absolute Gasteiger partial charge is 0.489 e. The van der Waals surface area contributed by atoms with Gasteiger partial charge in [0.05, 0.1) is 23.2 Å². The molecule has 0 N–H and O–H groups in total. The number of nitrogens with zero attached hydrogens (tertiary/aromatic N) is 1. The molecule has 0 aliphatic carbocycles. The van der Waals surface area contributed by atoms with E-state index in [0.29, 0.717) is 22.0 Å². The third-order valence-electron chi connectivity index (χ3n) is 3.02. The zero-order chi connectivity index (χ0) is 13.4. The lowest BCUT2D eigenvalue weighted by molar-refractivity contribution is -0.122. The normalized spacial score (nSPS) is 19.0. The van der Waals surface area contributed by atoms with Crippen molar-refractivity contribution in [2.75, 3.05) is 18.6 Å². The number of carbonyl (C=O) groups is 2.